The third-order valence-electron chi connectivity index (χ3n) is 5.14. The summed E-state index contributed by atoms with van der Waals surface area (Å²) in [4.78, 5) is 15.4. The zero-order chi connectivity index (χ0) is 22.2. The fourth-order valence-corrected chi connectivity index (χ4v) is 3.64. The molecule has 8 nitrogen and oxygen atoms in total. The number of nitrogens with two attached hydrogens (primary N) is 1. The minimum atomic E-state index is -0.898. The number of pyridine rings is 1. The molecule has 2 heterocycles. The molecule has 154 valence electrons. The molecular formula is C22H23N5O3. The Morgan fingerprint density at radius 1 is 1.20 bits per heavy atom. The van der Waals surface area contributed by atoms with E-state index in [4.69, 9.17) is 10.8 Å². The summed E-state index contributed by atoms with van der Waals surface area (Å²) in [6.07, 6.45) is -0.0400. The molecule has 3 rings (SSSR count). The van der Waals surface area contributed by atoms with E-state index < -0.39 is 5.97 Å². The number of hydrogen-bond acceptors (Lipinski definition) is 6. The first-order valence-corrected chi connectivity index (χ1v) is 9.41. The standard InChI is InChI=1S/C22H23N5O3/c1-11-7-15(8-12(2)21(11)30)16-9-18(25-22(24)17(16)10-23)20-13(3)26-27(14(20)4)6-5-19(28)29/h7-9,30H,5-6H2,1-4H3,(H2,24,25)(H,28,29). The number of carbonyl (C=O) groups is 1. The molecule has 0 saturated heterocycles. The highest BCUT2D eigenvalue weighted by Crippen LogP contribution is 2.36. The highest BCUT2D eigenvalue weighted by molar-refractivity contribution is 5.82. The SMILES string of the molecule is Cc1cc(-c2cc(-c3c(C)nn(CCC(=O)O)c3C)nc(N)c2C#N)cc(C)c1O. The number of benzene rings is 1. The van der Waals surface area contributed by atoms with Crippen LogP contribution >= 0.6 is 0 Å². The van der Waals surface area contributed by atoms with Gasteiger partial charge in [0.05, 0.1) is 24.4 Å². The van der Waals surface area contributed by atoms with E-state index in [0.717, 1.165) is 16.8 Å². The van der Waals surface area contributed by atoms with Crippen LogP contribution in [0.25, 0.3) is 22.4 Å². The summed E-state index contributed by atoms with van der Waals surface area (Å²) in [5.74, 6) is -0.582. The van der Waals surface area contributed by atoms with Crippen molar-refractivity contribution in [2.45, 2.75) is 40.7 Å². The van der Waals surface area contributed by atoms with Crippen LogP contribution in [0.3, 0.4) is 0 Å². The summed E-state index contributed by atoms with van der Waals surface area (Å²) < 4.78 is 1.64. The second-order valence-electron chi connectivity index (χ2n) is 7.30. The number of phenolic OH excluding ortho intramolecular Hbond substituents is 1. The number of rotatable bonds is 5. The first-order chi connectivity index (χ1) is 14.1. The summed E-state index contributed by atoms with van der Waals surface area (Å²) in [5, 5.41) is 33.2. The van der Waals surface area contributed by atoms with Gasteiger partial charge in [-0.25, -0.2) is 4.98 Å². The molecule has 0 unspecified atom stereocenters. The Kier molecular flexibility index (Phi) is 5.47. The Balaban J connectivity index is 2.20. The zero-order valence-electron chi connectivity index (χ0n) is 17.3. The number of aryl methyl sites for hydroxylation is 4. The van der Waals surface area contributed by atoms with E-state index in [-0.39, 0.29) is 30.1 Å². The van der Waals surface area contributed by atoms with Gasteiger partial charge in [-0.3, -0.25) is 9.48 Å². The summed E-state index contributed by atoms with van der Waals surface area (Å²) in [6, 6.07) is 7.52. The first-order valence-electron chi connectivity index (χ1n) is 9.41. The minimum Gasteiger partial charge on any atom is -0.507 e. The van der Waals surface area contributed by atoms with Gasteiger partial charge in [-0.15, -0.1) is 0 Å². The van der Waals surface area contributed by atoms with Crippen LogP contribution < -0.4 is 5.73 Å². The first kappa shape index (κ1) is 20.9. The third-order valence-corrected chi connectivity index (χ3v) is 5.14. The quantitative estimate of drug-likeness (QED) is 0.590. The van der Waals surface area contributed by atoms with Crippen LogP contribution in [0, 0.1) is 39.0 Å². The maximum Gasteiger partial charge on any atom is 0.305 e. The number of hydrogen-bond donors (Lipinski definition) is 3. The van der Waals surface area contributed by atoms with E-state index in [2.05, 4.69) is 16.2 Å². The van der Waals surface area contributed by atoms with Crippen molar-refractivity contribution >= 4 is 11.8 Å². The highest BCUT2D eigenvalue weighted by atomic mass is 16.4. The normalized spacial score (nSPS) is 10.8. The number of carboxylic acid groups (broad SMARTS) is 1. The van der Waals surface area contributed by atoms with Gasteiger partial charge in [0.1, 0.15) is 23.2 Å². The van der Waals surface area contributed by atoms with Gasteiger partial charge < -0.3 is 15.9 Å². The van der Waals surface area contributed by atoms with Gasteiger partial charge in [0, 0.05) is 16.8 Å². The lowest BCUT2D eigenvalue weighted by atomic mass is 9.95. The monoisotopic (exact) mass is 405 g/mol. The Labute approximate surface area is 174 Å². The molecule has 0 saturated carbocycles. The van der Waals surface area contributed by atoms with Crippen LogP contribution in [-0.4, -0.2) is 30.9 Å². The van der Waals surface area contributed by atoms with Crippen molar-refractivity contribution < 1.29 is 15.0 Å². The number of phenols is 1. The van der Waals surface area contributed by atoms with Crippen LogP contribution in [0.5, 0.6) is 5.75 Å². The molecule has 0 radical (unpaired) electrons. The Morgan fingerprint density at radius 3 is 2.40 bits per heavy atom. The van der Waals surface area contributed by atoms with Gasteiger partial charge in [0.15, 0.2) is 0 Å². The summed E-state index contributed by atoms with van der Waals surface area (Å²) in [5.41, 5.74) is 11.9. The number of nitrogens with zero attached hydrogens (tertiary/aromatic N) is 4. The molecule has 8 heteroatoms. The molecule has 3 aromatic rings. The fourth-order valence-electron chi connectivity index (χ4n) is 3.64. The number of anilines is 1. The van der Waals surface area contributed by atoms with E-state index in [1.807, 2.05) is 13.8 Å². The smallest absolute Gasteiger partial charge is 0.305 e. The lowest BCUT2D eigenvalue weighted by Crippen LogP contribution is -2.07. The van der Waals surface area contributed by atoms with Crippen LogP contribution in [0.1, 0.15) is 34.5 Å². The maximum absolute atomic E-state index is 10.9. The predicted octanol–water partition coefficient (Wildman–Crippen LogP) is 3.48. The summed E-state index contributed by atoms with van der Waals surface area (Å²) >= 11 is 0. The average Bonchev–Trinajstić information content (AvgIpc) is 2.96. The number of nitrogen functional groups attached to an aromatic ring is 1. The van der Waals surface area contributed by atoms with Crippen molar-refractivity contribution in [2.75, 3.05) is 5.73 Å². The van der Waals surface area contributed by atoms with Crippen molar-refractivity contribution in [3.63, 3.8) is 0 Å². The average molecular weight is 405 g/mol. The topological polar surface area (TPSA) is 138 Å². The molecule has 0 fully saturated rings. The van der Waals surface area contributed by atoms with E-state index >= 15 is 0 Å². The van der Waals surface area contributed by atoms with E-state index in [0.29, 0.717) is 28.1 Å². The van der Waals surface area contributed by atoms with Crippen molar-refractivity contribution in [3.8, 4) is 34.2 Å². The molecule has 0 atom stereocenters. The molecular weight excluding hydrogens is 382 g/mol. The van der Waals surface area contributed by atoms with Gasteiger partial charge in [-0.05, 0) is 62.6 Å². The molecule has 0 amide bonds. The zero-order valence-corrected chi connectivity index (χ0v) is 17.3. The van der Waals surface area contributed by atoms with Gasteiger partial charge in [-0.1, -0.05) is 0 Å². The second-order valence-corrected chi connectivity index (χ2v) is 7.30. The second kappa shape index (κ2) is 7.87. The van der Waals surface area contributed by atoms with E-state index in [9.17, 15) is 15.2 Å². The Morgan fingerprint density at radius 2 is 1.83 bits per heavy atom. The van der Waals surface area contributed by atoms with Crippen LogP contribution in [-0.2, 0) is 11.3 Å². The molecule has 0 aliphatic carbocycles. The summed E-state index contributed by atoms with van der Waals surface area (Å²) in [6.45, 7) is 7.51. The molecule has 30 heavy (non-hydrogen) atoms. The molecule has 0 bridgehead atoms. The highest BCUT2D eigenvalue weighted by Gasteiger charge is 2.20. The largest absolute Gasteiger partial charge is 0.507 e. The van der Waals surface area contributed by atoms with Gasteiger partial charge in [-0.2, -0.15) is 10.4 Å². The number of aromatic hydroxyl groups is 1. The number of aromatic nitrogens is 3. The number of nitriles is 1. The van der Waals surface area contributed by atoms with Crippen LogP contribution in [0.2, 0.25) is 0 Å². The molecule has 2 aromatic heterocycles. The summed E-state index contributed by atoms with van der Waals surface area (Å²) in [7, 11) is 0. The molecule has 0 spiro atoms. The predicted molar refractivity (Wildman–Crippen MR) is 113 cm³/mol. The maximum atomic E-state index is 10.9. The van der Waals surface area contributed by atoms with Gasteiger partial charge in [0.25, 0.3) is 0 Å². The van der Waals surface area contributed by atoms with Crippen molar-refractivity contribution in [1.29, 1.82) is 5.26 Å². The van der Waals surface area contributed by atoms with E-state index in [1.54, 1.807) is 36.7 Å². The third kappa shape index (κ3) is 3.70. The molecule has 0 aliphatic rings. The fraction of sp³-hybridized carbons (Fsp3) is 0.273. The lowest BCUT2D eigenvalue weighted by Gasteiger charge is -2.13. The molecule has 1 aromatic carbocycles. The van der Waals surface area contributed by atoms with Crippen molar-refractivity contribution in [2.24, 2.45) is 0 Å². The van der Waals surface area contributed by atoms with Crippen molar-refractivity contribution in [1.82, 2.24) is 14.8 Å². The van der Waals surface area contributed by atoms with Crippen LogP contribution in [0.15, 0.2) is 18.2 Å². The number of aliphatic carboxylic acids is 1. The van der Waals surface area contributed by atoms with Gasteiger partial charge >= 0.3 is 5.97 Å². The Hall–Kier alpha value is -3.86. The number of carboxylic acids is 1. The Bertz CT molecular complexity index is 1180. The van der Waals surface area contributed by atoms with Gasteiger partial charge in [0.2, 0.25) is 0 Å². The van der Waals surface area contributed by atoms with Crippen molar-refractivity contribution in [3.05, 3.63) is 46.3 Å². The van der Waals surface area contributed by atoms with E-state index in [1.165, 1.54) is 0 Å². The lowest BCUT2D eigenvalue weighted by molar-refractivity contribution is -0.137. The van der Waals surface area contributed by atoms with Crippen LogP contribution in [0.4, 0.5) is 5.82 Å². The molecule has 0 aliphatic heterocycles. The molecule has 4 N–H and O–H groups in total. The minimum absolute atomic E-state index is 0.0400.